The molecule has 0 heterocycles. The quantitative estimate of drug-likeness (QED) is 0.808. The van der Waals surface area contributed by atoms with E-state index in [4.69, 9.17) is 0 Å². The molecule has 1 nitrogen and oxygen atoms in total. The van der Waals surface area contributed by atoms with Gasteiger partial charge in [0.25, 0.3) is 0 Å². The van der Waals surface area contributed by atoms with Gasteiger partial charge in [0.15, 0.2) is 0 Å². The van der Waals surface area contributed by atoms with Crippen LogP contribution in [-0.4, -0.2) is 5.11 Å². The molecule has 0 amide bonds. The standard InChI is InChI=1S/C17H18O/c1-3-7-13(2)16-11-10-15(18)12-17(16)14-8-5-4-6-9-14/h4-12,18H,3H2,1-2H3/b13-7-. The van der Waals surface area contributed by atoms with Gasteiger partial charge in [-0.1, -0.05) is 49.4 Å². The van der Waals surface area contributed by atoms with E-state index in [0.717, 1.165) is 17.5 Å². The number of allylic oxidation sites excluding steroid dienone is 2. The Hall–Kier alpha value is -2.02. The van der Waals surface area contributed by atoms with Crippen LogP contribution in [0.1, 0.15) is 25.8 Å². The molecule has 1 heteroatoms. The maximum absolute atomic E-state index is 9.69. The van der Waals surface area contributed by atoms with Crippen molar-refractivity contribution in [2.24, 2.45) is 0 Å². The first-order valence-electron chi connectivity index (χ1n) is 6.28. The van der Waals surface area contributed by atoms with Crippen LogP contribution in [0.15, 0.2) is 54.6 Å². The van der Waals surface area contributed by atoms with Gasteiger partial charge < -0.3 is 5.11 Å². The molecule has 0 aromatic heterocycles. The zero-order chi connectivity index (χ0) is 13.0. The minimum absolute atomic E-state index is 0.307. The third kappa shape index (κ3) is 2.62. The fourth-order valence-electron chi connectivity index (χ4n) is 2.15. The van der Waals surface area contributed by atoms with Crippen LogP contribution < -0.4 is 0 Å². The molecule has 0 aliphatic rings. The minimum Gasteiger partial charge on any atom is -0.508 e. The number of aromatic hydroxyl groups is 1. The lowest BCUT2D eigenvalue weighted by Gasteiger charge is -2.11. The highest BCUT2D eigenvalue weighted by Crippen LogP contribution is 2.31. The number of hydrogen-bond acceptors (Lipinski definition) is 1. The summed E-state index contributed by atoms with van der Waals surface area (Å²) in [6, 6.07) is 15.7. The van der Waals surface area contributed by atoms with Gasteiger partial charge in [0.05, 0.1) is 0 Å². The van der Waals surface area contributed by atoms with Gasteiger partial charge in [-0.15, -0.1) is 0 Å². The maximum atomic E-state index is 9.69. The Morgan fingerprint density at radius 2 is 1.83 bits per heavy atom. The molecule has 0 bridgehead atoms. The van der Waals surface area contributed by atoms with Gasteiger partial charge in [0, 0.05) is 0 Å². The minimum atomic E-state index is 0.307. The van der Waals surface area contributed by atoms with Crippen molar-refractivity contribution in [2.45, 2.75) is 20.3 Å². The summed E-state index contributed by atoms with van der Waals surface area (Å²) < 4.78 is 0. The average molecular weight is 238 g/mol. The zero-order valence-electron chi connectivity index (χ0n) is 10.9. The van der Waals surface area contributed by atoms with Gasteiger partial charge in [-0.05, 0) is 47.7 Å². The lowest BCUT2D eigenvalue weighted by Crippen LogP contribution is -1.87. The summed E-state index contributed by atoms with van der Waals surface area (Å²) in [5, 5.41) is 9.69. The summed E-state index contributed by atoms with van der Waals surface area (Å²) >= 11 is 0. The lowest BCUT2D eigenvalue weighted by atomic mass is 9.94. The molecule has 1 N–H and O–H groups in total. The molecule has 0 fully saturated rings. The van der Waals surface area contributed by atoms with Gasteiger partial charge in [0.2, 0.25) is 0 Å². The van der Waals surface area contributed by atoms with Gasteiger partial charge >= 0.3 is 0 Å². The molecule has 0 unspecified atom stereocenters. The van der Waals surface area contributed by atoms with Crippen LogP contribution in [0.3, 0.4) is 0 Å². The molecule has 0 atom stereocenters. The van der Waals surface area contributed by atoms with Crippen molar-refractivity contribution in [2.75, 3.05) is 0 Å². The zero-order valence-corrected chi connectivity index (χ0v) is 10.9. The monoisotopic (exact) mass is 238 g/mol. The van der Waals surface area contributed by atoms with Crippen LogP contribution in [0.25, 0.3) is 16.7 Å². The Labute approximate surface area is 108 Å². The molecule has 2 aromatic rings. The number of hydrogen-bond donors (Lipinski definition) is 1. The summed E-state index contributed by atoms with van der Waals surface area (Å²) in [6.45, 7) is 4.24. The number of rotatable bonds is 3. The molecule has 0 saturated heterocycles. The summed E-state index contributed by atoms with van der Waals surface area (Å²) in [6.07, 6.45) is 3.22. The summed E-state index contributed by atoms with van der Waals surface area (Å²) in [7, 11) is 0. The van der Waals surface area contributed by atoms with E-state index in [9.17, 15) is 5.11 Å². The second-order valence-corrected chi connectivity index (χ2v) is 4.39. The fourth-order valence-corrected chi connectivity index (χ4v) is 2.15. The maximum Gasteiger partial charge on any atom is 0.116 e. The SMILES string of the molecule is CC/C=C(/C)c1ccc(O)cc1-c1ccccc1. The summed E-state index contributed by atoms with van der Waals surface area (Å²) in [4.78, 5) is 0. The van der Waals surface area contributed by atoms with Gasteiger partial charge in [-0.25, -0.2) is 0 Å². The molecule has 0 aliphatic heterocycles. The van der Waals surface area contributed by atoms with Crippen molar-refractivity contribution in [3.8, 4) is 16.9 Å². The third-order valence-electron chi connectivity index (χ3n) is 3.02. The molecule has 0 spiro atoms. The molecular weight excluding hydrogens is 220 g/mol. The van der Waals surface area contributed by atoms with E-state index in [1.54, 1.807) is 6.07 Å². The van der Waals surface area contributed by atoms with E-state index < -0.39 is 0 Å². The normalized spacial score (nSPS) is 11.6. The predicted octanol–water partition coefficient (Wildman–Crippen LogP) is 4.87. The van der Waals surface area contributed by atoms with Crippen LogP contribution in [-0.2, 0) is 0 Å². The smallest absolute Gasteiger partial charge is 0.116 e. The van der Waals surface area contributed by atoms with E-state index in [-0.39, 0.29) is 0 Å². The highest BCUT2D eigenvalue weighted by molar-refractivity contribution is 5.81. The Morgan fingerprint density at radius 1 is 1.11 bits per heavy atom. The van der Waals surface area contributed by atoms with Gasteiger partial charge in [-0.2, -0.15) is 0 Å². The van der Waals surface area contributed by atoms with Crippen molar-refractivity contribution < 1.29 is 5.11 Å². The molecule has 0 aliphatic carbocycles. The van der Waals surface area contributed by atoms with E-state index >= 15 is 0 Å². The molecule has 2 rings (SSSR count). The fraction of sp³-hybridized carbons (Fsp3) is 0.176. The first-order valence-corrected chi connectivity index (χ1v) is 6.28. The Morgan fingerprint density at radius 3 is 2.50 bits per heavy atom. The largest absolute Gasteiger partial charge is 0.508 e. The van der Waals surface area contributed by atoms with E-state index in [1.807, 2.05) is 30.3 Å². The van der Waals surface area contributed by atoms with Crippen molar-refractivity contribution in [1.29, 1.82) is 0 Å². The van der Waals surface area contributed by atoms with Crippen molar-refractivity contribution in [3.05, 3.63) is 60.2 Å². The van der Waals surface area contributed by atoms with Crippen LogP contribution in [0.2, 0.25) is 0 Å². The number of benzene rings is 2. The second kappa shape index (κ2) is 5.54. The first-order chi connectivity index (χ1) is 8.72. The van der Waals surface area contributed by atoms with Crippen LogP contribution in [0.5, 0.6) is 5.75 Å². The molecule has 0 saturated carbocycles. The van der Waals surface area contributed by atoms with E-state index in [2.05, 4.69) is 32.1 Å². The lowest BCUT2D eigenvalue weighted by molar-refractivity contribution is 0.475. The topological polar surface area (TPSA) is 20.2 Å². The van der Waals surface area contributed by atoms with Crippen LogP contribution in [0, 0.1) is 0 Å². The molecule has 0 radical (unpaired) electrons. The summed E-state index contributed by atoms with van der Waals surface area (Å²) in [5.41, 5.74) is 4.64. The molecule has 2 aromatic carbocycles. The van der Waals surface area contributed by atoms with Crippen LogP contribution in [0.4, 0.5) is 0 Å². The highest BCUT2D eigenvalue weighted by Gasteiger charge is 2.07. The third-order valence-corrected chi connectivity index (χ3v) is 3.02. The first kappa shape index (κ1) is 12.4. The number of phenolic OH excluding ortho intramolecular Hbond substituents is 1. The van der Waals surface area contributed by atoms with E-state index in [1.165, 1.54) is 11.1 Å². The summed E-state index contributed by atoms with van der Waals surface area (Å²) in [5.74, 6) is 0.307. The molecule has 92 valence electrons. The van der Waals surface area contributed by atoms with Crippen molar-refractivity contribution in [1.82, 2.24) is 0 Å². The second-order valence-electron chi connectivity index (χ2n) is 4.39. The Bertz CT molecular complexity index is 553. The molecular formula is C17H18O. The highest BCUT2D eigenvalue weighted by atomic mass is 16.3. The van der Waals surface area contributed by atoms with Crippen molar-refractivity contribution in [3.63, 3.8) is 0 Å². The van der Waals surface area contributed by atoms with Gasteiger partial charge in [0.1, 0.15) is 5.75 Å². The Kier molecular flexibility index (Phi) is 3.83. The predicted molar refractivity (Wildman–Crippen MR) is 77.5 cm³/mol. The van der Waals surface area contributed by atoms with Crippen LogP contribution >= 0.6 is 0 Å². The van der Waals surface area contributed by atoms with Gasteiger partial charge in [-0.3, -0.25) is 0 Å². The Balaban J connectivity index is 2.58. The number of phenols is 1. The van der Waals surface area contributed by atoms with E-state index in [0.29, 0.717) is 5.75 Å². The average Bonchev–Trinajstić information content (AvgIpc) is 2.40. The molecule has 18 heavy (non-hydrogen) atoms. The van der Waals surface area contributed by atoms with Crippen molar-refractivity contribution >= 4 is 5.57 Å².